The van der Waals surface area contributed by atoms with Gasteiger partial charge in [0.15, 0.2) is 0 Å². The standard InChI is InChI=1S/C12H16INO2/c1-12(2,3)14(11(15)16)8-9-4-6-10(13)7-5-9/h4-7H,8H2,1-3H3,(H,15,16). The number of carboxylic acid groups (broad SMARTS) is 1. The molecule has 0 saturated carbocycles. The minimum Gasteiger partial charge on any atom is -0.465 e. The van der Waals surface area contributed by atoms with E-state index in [1.54, 1.807) is 0 Å². The predicted molar refractivity (Wildman–Crippen MR) is 72.5 cm³/mol. The summed E-state index contributed by atoms with van der Waals surface area (Å²) >= 11 is 2.23. The molecular weight excluding hydrogens is 317 g/mol. The molecule has 0 saturated heterocycles. The first-order valence-electron chi connectivity index (χ1n) is 5.06. The lowest BCUT2D eigenvalue weighted by Crippen LogP contribution is -2.44. The zero-order valence-electron chi connectivity index (χ0n) is 9.70. The number of rotatable bonds is 2. The molecule has 0 aromatic heterocycles. The van der Waals surface area contributed by atoms with Crippen molar-refractivity contribution in [3.63, 3.8) is 0 Å². The largest absolute Gasteiger partial charge is 0.465 e. The number of benzene rings is 1. The van der Waals surface area contributed by atoms with Gasteiger partial charge in [0.1, 0.15) is 0 Å². The Labute approximate surface area is 110 Å². The normalized spacial score (nSPS) is 11.2. The summed E-state index contributed by atoms with van der Waals surface area (Å²) in [5.74, 6) is 0. The van der Waals surface area contributed by atoms with Gasteiger partial charge in [-0.25, -0.2) is 4.79 Å². The van der Waals surface area contributed by atoms with Crippen LogP contribution >= 0.6 is 22.6 Å². The van der Waals surface area contributed by atoms with Crippen LogP contribution in [0.4, 0.5) is 4.79 Å². The fourth-order valence-electron chi connectivity index (χ4n) is 1.36. The third-order valence-electron chi connectivity index (χ3n) is 2.29. The summed E-state index contributed by atoms with van der Waals surface area (Å²) in [7, 11) is 0. The molecule has 1 aromatic rings. The molecule has 16 heavy (non-hydrogen) atoms. The zero-order valence-corrected chi connectivity index (χ0v) is 11.9. The predicted octanol–water partition coefficient (Wildman–Crippen LogP) is 3.57. The number of hydrogen-bond donors (Lipinski definition) is 1. The molecule has 1 aromatic carbocycles. The molecule has 88 valence electrons. The van der Waals surface area contributed by atoms with Crippen LogP contribution in [0.1, 0.15) is 26.3 Å². The van der Waals surface area contributed by atoms with Gasteiger partial charge >= 0.3 is 6.09 Å². The van der Waals surface area contributed by atoms with Crippen molar-refractivity contribution in [2.24, 2.45) is 0 Å². The Bertz CT molecular complexity index is 368. The van der Waals surface area contributed by atoms with Crippen LogP contribution in [-0.2, 0) is 6.54 Å². The van der Waals surface area contributed by atoms with E-state index >= 15 is 0 Å². The highest BCUT2D eigenvalue weighted by molar-refractivity contribution is 14.1. The molecule has 1 N–H and O–H groups in total. The minimum atomic E-state index is -0.883. The van der Waals surface area contributed by atoms with Crippen LogP contribution < -0.4 is 0 Å². The highest BCUT2D eigenvalue weighted by Gasteiger charge is 2.25. The Kier molecular flexibility index (Phi) is 4.18. The van der Waals surface area contributed by atoms with Gasteiger partial charge in [0, 0.05) is 15.7 Å². The van der Waals surface area contributed by atoms with Crippen LogP contribution in [0.5, 0.6) is 0 Å². The molecule has 1 rings (SSSR count). The van der Waals surface area contributed by atoms with Crippen LogP contribution in [0.15, 0.2) is 24.3 Å². The zero-order chi connectivity index (χ0) is 12.3. The average Bonchev–Trinajstić information content (AvgIpc) is 2.14. The number of amides is 1. The van der Waals surface area contributed by atoms with Gasteiger partial charge in [-0.2, -0.15) is 0 Å². The van der Waals surface area contributed by atoms with E-state index in [0.29, 0.717) is 6.54 Å². The molecule has 1 amide bonds. The fraction of sp³-hybridized carbons (Fsp3) is 0.417. The van der Waals surface area contributed by atoms with Crippen molar-refractivity contribution in [1.82, 2.24) is 4.90 Å². The monoisotopic (exact) mass is 333 g/mol. The number of halogens is 1. The van der Waals surface area contributed by atoms with E-state index in [0.717, 1.165) is 9.13 Å². The Morgan fingerprint density at radius 3 is 2.19 bits per heavy atom. The van der Waals surface area contributed by atoms with Crippen LogP contribution in [0.2, 0.25) is 0 Å². The lowest BCUT2D eigenvalue weighted by Gasteiger charge is -2.33. The topological polar surface area (TPSA) is 40.5 Å². The summed E-state index contributed by atoms with van der Waals surface area (Å²) in [5, 5.41) is 9.15. The molecular formula is C12H16INO2. The molecule has 4 heteroatoms. The third-order valence-corrected chi connectivity index (χ3v) is 3.01. The van der Waals surface area contributed by atoms with Gasteiger partial charge < -0.3 is 5.11 Å². The molecule has 0 heterocycles. The summed E-state index contributed by atoms with van der Waals surface area (Å²) in [5.41, 5.74) is 0.632. The molecule has 0 radical (unpaired) electrons. The highest BCUT2D eigenvalue weighted by atomic mass is 127. The lowest BCUT2D eigenvalue weighted by atomic mass is 10.1. The molecule has 0 spiro atoms. The highest BCUT2D eigenvalue weighted by Crippen LogP contribution is 2.18. The second-order valence-corrected chi connectivity index (χ2v) is 5.91. The van der Waals surface area contributed by atoms with Crippen LogP contribution in [0, 0.1) is 3.57 Å². The van der Waals surface area contributed by atoms with E-state index in [-0.39, 0.29) is 5.54 Å². The molecule has 0 aliphatic heterocycles. The third kappa shape index (κ3) is 3.66. The van der Waals surface area contributed by atoms with Gasteiger partial charge in [0.25, 0.3) is 0 Å². The van der Waals surface area contributed by atoms with E-state index in [2.05, 4.69) is 22.6 Å². The van der Waals surface area contributed by atoms with Gasteiger partial charge in [-0.15, -0.1) is 0 Å². The SMILES string of the molecule is CC(C)(C)N(Cc1ccc(I)cc1)C(=O)O. The van der Waals surface area contributed by atoms with Crippen molar-refractivity contribution in [2.45, 2.75) is 32.9 Å². The maximum atomic E-state index is 11.1. The first-order valence-corrected chi connectivity index (χ1v) is 6.13. The Hall–Kier alpha value is -0.780. The van der Waals surface area contributed by atoms with Crippen LogP contribution in [-0.4, -0.2) is 21.6 Å². The Balaban J connectivity index is 2.84. The fourth-order valence-corrected chi connectivity index (χ4v) is 1.72. The summed E-state index contributed by atoms with van der Waals surface area (Å²) in [4.78, 5) is 12.6. The van der Waals surface area contributed by atoms with Crippen molar-refractivity contribution in [1.29, 1.82) is 0 Å². The second-order valence-electron chi connectivity index (χ2n) is 4.67. The lowest BCUT2D eigenvalue weighted by molar-refractivity contribution is 0.0955. The number of carbonyl (C=O) groups is 1. The van der Waals surface area contributed by atoms with E-state index in [1.165, 1.54) is 4.90 Å². The summed E-state index contributed by atoms with van der Waals surface area (Å²) < 4.78 is 1.15. The van der Waals surface area contributed by atoms with E-state index in [9.17, 15) is 4.79 Å². The first-order chi connectivity index (χ1) is 7.30. The van der Waals surface area contributed by atoms with Crippen molar-refractivity contribution < 1.29 is 9.90 Å². The molecule has 0 aliphatic carbocycles. The molecule has 0 aliphatic rings. The van der Waals surface area contributed by atoms with Crippen LogP contribution in [0.3, 0.4) is 0 Å². The smallest absolute Gasteiger partial charge is 0.408 e. The van der Waals surface area contributed by atoms with E-state index in [4.69, 9.17) is 5.11 Å². The van der Waals surface area contributed by atoms with Crippen molar-refractivity contribution >= 4 is 28.7 Å². The van der Waals surface area contributed by atoms with Gasteiger partial charge in [-0.1, -0.05) is 12.1 Å². The van der Waals surface area contributed by atoms with Gasteiger partial charge in [0.2, 0.25) is 0 Å². The summed E-state index contributed by atoms with van der Waals surface area (Å²) in [6, 6.07) is 7.89. The molecule has 0 fully saturated rings. The molecule has 0 bridgehead atoms. The number of hydrogen-bond acceptors (Lipinski definition) is 1. The van der Waals surface area contributed by atoms with Crippen molar-refractivity contribution in [3.05, 3.63) is 33.4 Å². The average molecular weight is 333 g/mol. The Morgan fingerprint density at radius 2 is 1.81 bits per heavy atom. The van der Waals surface area contributed by atoms with Crippen molar-refractivity contribution in [2.75, 3.05) is 0 Å². The Morgan fingerprint density at radius 1 is 1.31 bits per heavy atom. The summed E-state index contributed by atoms with van der Waals surface area (Å²) in [6.45, 7) is 6.12. The maximum absolute atomic E-state index is 11.1. The first kappa shape index (κ1) is 13.3. The van der Waals surface area contributed by atoms with E-state index < -0.39 is 6.09 Å². The van der Waals surface area contributed by atoms with Gasteiger partial charge in [-0.3, -0.25) is 4.90 Å². The summed E-state index contributed by atoms with van der Waals surface area (Å²) in [6.07, 6.45) is -0.883. The van der Waals surface area contributed by atoms with Gasteiger partial charge in [0.05, 0.1) is 0 Å². The molecule has 0 atom stereocenters. The van der Waals surface area contributed by atoms with Crippen molar-refractivity contribution in [3.8, 4) is 0 Å². The second kappa shape index (κ2) is 5.03. The maximum Gasteiger partial charge on any atom is 0.408 e. The number of nitrogens with zero attached hydrogens (tertiary/aromatic N) is 1. The minimum absolute atomic E-state index is 0.380. The molecule has 0 unspecified atom stereocenters. The molecule has 3 nitrogen and oxygen atoms in total. The quantitative estimate of drug-likeness (QED) is 0.841. The van der Waals surface area contributed by atoms with Crippen LogP contribution in [0.25, 0.3) is 0 Å². The van der Waals surface area contributed by atoms with Gasteiger partial charge in [-0.05, 0) is 61.1 Å². The van der Waals surface area contributed by atoms with E-state index in [1.807, 2.05) is 45.0 Å².